The van der Waals surface area contributed by atoms with Crippen LogP contribution in [0.3, 0.4) is 0 Å². The Balaban J connectivity index is 2.28. The Morgan fingerprint density at radius 2 is 1.94 bits per heavy atom. The standard InChI is InChI=1S/C14H12N2O2/c1-10-6-11(9-15)7-14(16-10)18-13-5-3-4-12(8-13)17-2/h3-8H,1-2H3. The van der Waals surface area contributed by atoms with Crippen molar-refractivity contribution in [2.75, 3.05) is 7.11 Å². The molecule has 0 aliphatic carbocycles. The summed E-state index contributed by atoms with van der Waals surface area (Å²) in [6.07, 6.45) is 0. The third-order valence-electron chi connectivity index (χ3n) is 2.32. The highest BCUT2D eigenvalue weighted by atomic mass is 16.5. The van der Waals surface area contributed by atoms with Crippen molar-refractivity contribution in [3.63, 3.8) is 0 Å². The summed E-state index contributed by atoms with van der Waals surface area (Å²) < 4.78 is 10.7. The van der Waals surface area contributed by atoms with Gasteiger partial charge in [-0.1, -0.05) is 6.07 Å². The van der Waals surface area contributed by atoms with Crippen molar-refractivity contribution in [3.05, 3.63) is 47.7 Å². The van der Waals surface area contributed by atoms with Gasteiger partial charge in [0.15, 0.2) is 0 Å². The molecule has 2 rings (SSSR count). The largest absolute Gasteiger partial charge is 0.497 e. The smallest absolute Gasteiger partial charge is 0.220 e. The molecular formula is C14H12N2O2. The van der Waals surface area contributed by atoms with Crippen LogP contribution in [0.5, 0.6) is 17.4 Å². The number of nitriles is 1. The van der Waals surface area contributed by atoms with Crippen LogP contribution in [-0.4, -0.2) is 12.1 Å². The Labute approximate surface area is 105 Å². The Kier molecular flexibility index (Phi) is 3.44. The van der Waals surface area contributed by atoms with Crippen LogP contribution in [0.25, 0.3) is 0 Å². The number of benzene rings is 1. The van der Waals surface area contributed by atoms with Crippen molar-refractivity contribution in [3.8, 4) is 23.4 Å². The number of hydrogen-bond donors (Lipinski definition) is 0. The minimum absolute atomic E-state index is 0.403. The van der Waals surface area contributed by atoms with Gasteiger partial charge in [-0.25, -0.2) is 4.98 Å². The molecule has 4 heteroatoms. The molecule has 18 heavy (non-hydrogen) atoms. The zero-order valence-electron chi connectivity index (χ0n) is 10.2. The van der Waals surface area contributed by atoms with Gasteiger partial charge < -0.3 is 9.47 Å². The van der Waals surface area contributed by atoms with Gasteiger partial charge in [-0.2, -0.15) is 5.26 Å². The van der Waals surface area contributed by atoms with Crippen LogP contribution in [0, 0.1) is 18.3 Å². The van der Waals surface area contributed by atoms with Gasteiger partial charge in [0.1, 0.15) is 11.5 Å². The van der Waals surface area contributed by atoms with E-state index < -0.39 is 0 Å². The van der Waals surface area contributed by atoms with Gasteiger partial charge in [0.2, 0.25) is 5.88 Å². The molecule has 0 aliphatic heterocycles. The third-order valence-corrected chi connectivity index (χ3v) is 2.32. The first-order valence-corrected chi connectivity index (χ1v) is 5.42. The highest BCUT2D eigenvalue weighted by Crippen LogP contribution is 2.24. The van der Waals surface area contributed by atoms with Crippen molar-refractivity contribution in [2.24, 2.45) is 0 Å². The SMILES string of the molecule is COc1cccc(Oc2cc(C#N)cc(C)n2)c1. The summed E-state index contributed by atoms with van der Waals surface area (Å²) in [6, 6.07) is 12.6. The predicted octanol–water partition coefficient (Wildman–Crippen LogP) is 3.06. The number of aryl methyl sites for hydroxylation is 1. The molecule has 90 valence electrons. The number of pyridine rings is 1. The zero-order valence-corrected chi connectivity index (χ0v) is 10.2. The lowest BCUT2D eigenvalue weighted by molar-refractivity contribution is 0.407. The van der Waals surface area contributed by atoms with E-state index in [1.807, 2.05) is 19.1 Å². The minimum atomic E-state index is 0.403. The quantitative estimate of drug-likeness (QED) is 0.827. The Morgan fingerprint density at radius 1 is 1.17 bits per heavy atom. The van der Waals surface area contributed by atoms with Gasteiger partial charge in [0.25, 0.3) is 0 Å². The lowest BCUT2D eigenvalue weighted by atomic mass is 10.2. The number of aromatic nitrogens is 1. The van der Waals surface area contributed by atoms with E-state index in [2.05, 4.69) is 11.1 Å². The Hall–Kier alpha value is -2.54. The van der Waals surface area contributed by atoms with E-state index >= 15 is 0 Å². The highest BCUT2D eigenvalue weighted by Gasteiger charge is 2.03. The molecule has 0 bridgehead atoms. The van der Waals surface area contributed by atoms with E-state index in [4.69, 9.17) is 14.7 Å². The second kappa shape index (κ2) is 5.19. The zero-order chi connectivity index (χ0) is 13.0. The van der Waals surface area contributed by atoms with Crippen LogP contribution in [0.2, 0.25) is 0 Å². The van der Waals surface area contributed by atoms with Crippen LogP contribution >= 0.6 is 0 Å². The van der Waals surface area contributed by atoms with Crippen molar-refractivity contribution < 1.29 is 9.47 Å². The summed E-state index contributed by atoms with van der Waals surface area (Å²) in [7, 11) is 1.60. The number of methoxy groups -OCH3 is 1. The van der Waals surface area contributed by atoms with Crippen LogP contribution in [0.4, 0.5) is 0 Å². The van der Waals surface area contributed by atoms with E-state index in [0.29, 0.717) is 22.9 Å². The third kappa shape index (κ3) is 2.77. The summed E-state index contributed by atoms with van der Waals surface area (Å²) in [5.41, 5.74) is 1.27. The number of rotatable bonds is 3. The lowest BCUT2D eigenvalue weighted by Crippen LogP contribution is -1.92. The number of ether oxygens (including phenoxy) is 2. The molecule has 1 aromatic carbocycles. The summed E-state index contributed by atoms with van der Waals surface area (Å²) in [5.74, 6) is 1.73. The summed E-state index contributed by atoms with van der Waals surface area (Å²) >= 11 is 0. The molecule has 0 aliphatic rings. The second-order valence-electron chi connectivity index (χ2n) is 3.73. The molecule has 4 nitrogen and oxygen atoms in total. The monoisotopic (exact) mass is 240 g/mol. The maximum absolute atomic E-state index is 8.88. The predicted molar refractivity (Wildman–Crippen MR) is 66.8 cm³/mol. The molecule has 2 aromatic rings. The molecule has 0 amide bonds. The summed E-state index contributed by atoms with van der Waals surface area (Å²) in [6.45, 7) is 1.82. The fraction of sp³-hybridized carbons (Fsp3) is 0.143. The topological polar surface area (TPSA) is 55.1 Å². The molecule has 0 saturated heterocycles. The fourth-order valence-electron chi connectivity index (χ4n) is 1.54. The molecule has 0 fully saturated rings. The van der Waals surface area contributed by atoms with Crippen LogP contribution in [0.1, 0.15) is 11.3 Å². The number of nitrogens with zero attached hydrogens (tertiary/aromatic N) is 2. The normalized spacial score (nSPS) is 9.61. The molecule has 0 unspecified atom stereocenters. The molecule has 0 N–H and O–H groups in total. The molecular weight excluding hydrogens is 228 g/mol. The molecule has 0 radical (unpaired) electrons. The van der Waals surface area contributed by atoms with Gasteiger partial charge in [0, 0.05) is 17.8 Å². The maximum atomic E-state index is 8.88. The van der Waals surface area contributed by atoms with Crippen LogP contribution in [0.15, 0.2) is 36.4 Å². The lowest BCUT2D eigenvalue weighted by Gasteiger charge is -2.07. The van der Waals surface area contributed by atoms with E-state index in [1.165, 1.54) is 0 Å². The van der Waals surface area contributed by atoms with E-state index in [0.717, 1.165) is 5.69 Å². The van der Waals surface area contributed by atoms with Crippen molar-refractivity contribution in [2.45, 2.75) is 6.92 Å². The van der Waals surface area contributed by atoms with Crippen molar-refractivity contribution in [1.29, 1.82) is 5.26 Å². The Bertz CT molecular complexity index is 603. The first-order chi connectivity index (χ1) is 8.71. The molecule has 0 atom stereocenters. The van der Waals surface area contributed by atoms with E-state index in [-0.39, 0.29) is 0 Å². The average Bonchev–Trinajstić information content (AvgIpc) is 2.38. The first kappa shape index (κ1) is 11.9. The molecule has 1 aromatic heterocycles. The Morgan fingerprint density at radius 3 is 2.67 bits per heavy atom. The average molecular weight is 240 g/mol. The van der Waals surface area contributed by atoms with E-state index in [1.54, 1.807) is 31.4 Å². The van der Waals surface area contributed by atoms with Gasteiger partial charge in [-0.05, 0) is 25.1 Å². The molecule has 0 spiro atoms. The van der Waals surface area contributed by atoms with Crippen LogP contribution < -0.4 is 9.47 Å². The minimum Gasteiger partial charge on any atom is -0.497 e. The van der Waals surface area contributed by atoms with E-state index in [9.17, 15) is 0 Å². The van der Waals surface area contributed by atoms with Gasteiger partial charge in [0.05, 0.1) is 18.7 Å². The highest BCUT2D eigenvalue weighted by molar-refractivity contribution is 5.38. The molecule has 1 heterocycles. The van der Waals surface area contributed by atoms with Crippen molar-refractivity contribution >= 4 is 0 Å². The maximum Gasteiger partial charge on any atom is 0.220 e. The number of hydrogen-bond acceptors (Lipinski definition) is 4. The van der Waals surface area contributed by atoms with Crippen molar-refractivity contribution in [1.82, 2.24) is 4.98 Å². The second-order valence-corrected chi connectivity index (χ2v) is 3.73. The van der Waals surface area contributed by atoms with Gasteiger partial charge >= 0.3 is 0 Å². The van der Waals surface area contributed by atoms with Gasteiger partial charge in [-0.3, -0.25) is 0 Å². The summed E-state index contributed by atoms with van der Waals surface area (Å²) in [4.78, 5) is 4.22. The van der Waals surface area contributed by atoms with Crippen LogP contribution in [-0.2, 0) is 0 Å². The first-order valence-electron chi connectivity index (χ1n) is 5.42. The van der Waals surface area contributed by atoms with Gasteiger partial charge in [-0.15, -0.1) is 0 Å². The fourth-order valence-corrected chi connectivity index (χ4v) is 1.54. The molecule has 0 saturated carbocycles. The summed E-state index contributed by atoms with van der Waals surface area (Å²) in [5, 5.41) is 8.88.